The van der Waals surface area contributed by atoms with E-state index >= 15 is 0 Å². The quantitative estimate of drug-likeness (QED) is 0.618. The summed E-state index contributed by atoms with van der Waals surface area (Å²) in [4.78, 5) is 14.8. The summed E-state index contributed by atoms with van der Waals surface area (Å²) in [5.74, 6) is -0.820. The number of fused-ring (bicyclic) bond motifs is 2. The van der Waals surface area contributed by atoms with Crippen LogP contribution < -0.4 is 5.32 Å². The number of sulfonamides is 1. The number of aliphatic hydroxyl groups excluding tert-OH is 1. The normalized spacial score (nSPS) is 18.3. The Bertz CT molecular complexity index is 1190. The van der Waals surface area contributed by atoms with Crippen molar-refractivity contribution in [1.82, 2.24) is 14.6 Å². The molecule has 1 atom stereocenters. The number of benzene rings is 2. The van der Waals surface area contributed by atoms with E-state index in [1.807, 2.05) is 0 Å². The van der Waals surface area contributed by atoms with Gasteiger partial charge in [0.1, 0.15) is 5.82 Å². The van der Waals surface area contributed by atoms with Crippen molar-refractivity contribution in [3.8, 4) is 11.1 Å². The topological polar surface area (TPSA) is 102 Å². The Kier molecular flexibility index (Phi) is 4.45. The van der Waals surface area contributed by atoms with Crippen molar-refractivity contribution in [3.63, 3.8) is 0 Å². The minimum atomic E-state index is -3.89. The molecule has 9 heteroatoms. The zero-order valence-electron chi connectivity index (χ0n) is 14.9. The van der Waals surface area contributed by atoms with Crippen LogP contribution in [0.3, 0.4) is 0 Å². The molecule has 3 aromatic rings. The number of carbonyl (C=O) groups is 1. The molecule has 0 saturated heterocycles. The lowest BCUT2D eigenvalue weighted by atomic mass is 9.99. The number of aromatic amines is 1. The number of H-pyrrole nitrogens is 1. The zero-order chi connectivity index (χ0) is 20.1. The Morgan fingerprint density at radius 2 is 2.07 bits per heavy atom. The van der Waals surface area contributed by atoms with Gasteiger partial charge < -0.3 is 15.4 Å². The van der Waals surface area contributed by atoms with Crippen molar-refractivity contribution in [3.05, 3.63) is 54.0 Å². The Hall–Kier alpha value is -2.75. The van der Waals surface area contributed by atoms with E-state index in [4.69, 9.17) is 0 Å². The molecule has 0 radical (unpaired) electrons. The highest BCUT2D eigenvalue weighted by Crippen LogP contribution is 2.41. The summed E-state index contributed by atoms with van der Waals surface area (Å²) in [5, 5.41) is 13.0. The maximum atomic E-state index is 13.4. The zero-order valence-corrected chi connectivity index (χ0v) is 15.8. The molecule has 1 aliphatic rings. The highest BCUT2D eigenvalue weighted by molar-refractivity contribution is 7.89. The maximum Gasteiger partial charge on any atom is 0.244 e. The Balaban J connectivity index is 1.83. The molecule has 0 spiro atoms. The molecule has 4 rings (SSSR count). The molecule has 28 heavy (non-hydrogen) atoms. The van der Waals surface area contributed by atoms with E-state index in [0.29, 0.717) is 11.1 Å². The highest BCUT2D eigenvalue weighted by atomic mass is 32.2. The van der Waals surface area contributed by atoms with E-state index in [0.717, 1.165) is 20.8 Å². The van der Waals surface area contributed by atoms with Crippen LogP contribution in [0.4, 0.5) is 4.39 Å². The lowest BCUT2D eigenvalue weighted by Gasteiger charge is -2.20. The summed E-state index contributed by atoms with van der Waals surface area (Å²) < 4.78 is 40.1. The molecule has 0 aliphatic carbocycles. The second-order valence-electron chi connectivity index (χ2n) is 6.57. The minimum absolute atomic E-state index is 0.0742. The average molecular weight is 403 g/mol. The number of nitrogens with one attached hydrogen (secondary N) is 2. The van der Waals surface area contributed by atoms with E-state index < -0.39 is 28.6 Å². The van der Waals surface area contributed by atoms with Crippen molar-refractivity contribution >= 4 is 26.8 Å². The Morgan fingerprint density at radius 1 is 1.29 bits per heavy atom. The van der Waals surface area contributed by atoms with E-state index in [1.165, 1.54) is 25.2 Å². The molecule has 1 aromatic heterocycles. The van der Waals surface area contributed by atoms with E-state index in [2.05, 4.69) is 10.3 Å². The molecule has 0 saturated carbocycles. The number of nitrogens with zero attached hydrogens (tertiary/aromatic N) is 1. The molecule has 2 heterocycles. The molecule has 7 nitrogen and oxygen atoms in total. The van der Waals surface area contributed by atoms with Gasteiger partial charge in [-0.1, -0.05) is 6.07 Å². The molecular weight excluding hydrogens is 385 g/mol. The second kappa shape index (κ2) is 6.69. The minimum Gasteiger partial charge on any atom is -0.394 e. The molecule has 1 amide bonds. The second-order valence-corrected chi connectivity index (χ2v) is 8.43. The van der Waals surface area contributed by atoms with E-state index in [1.54, 1.807) is 24.4 Å². The number of likely N-dealkylation sites (N-methyl/N-ethyl adjacent to an activating group) is 1. The van der Waals surface area contributed by atoms with Crippen molar-refractivity contribution < 1.29 is 22.7 Å². The number of aromatic nitrogens is 1. The van der Waals surface area contributed by atoms with Crippen LogP contribution in [0.25, 0.3) is 22.0 Å². The largest absolute Gasteiger partial charge is 0.394 e. The van der Waals surface area contributed by atoms with E-state index in [-0.39, 0.29) is 17.3 Å². The first-order chi connectivity index (χ1) is 13.4. The fourth-order valence-corrected chi connectivity index (χ4v) is 5.39. The number of hydrogen-bond acceptors (Lipinski definition) is 4. The van der Waals surface area contributed by atoms with Crippen LogP contribution in [-0.2, 0) is 14.8 Å². The molecule has 3 N–H and O–H groups in total. The van der Waals surface area contributed by atoms with Gasteiger partial charge in [0.2, 0.25) is 15.9 Å². The van der Waals surface area contributed by atoms with Gasteiger partial charge in [-0.05, 0) is 41.5 Å². The summed E-state index contributed by atoms with van der Waals surface area (Å²) >= 11 is 0. The smallest absolute Gasteiger partial charge is 0.244 e. The van der Waals surface area contributed by atoms with Gasteiger partial charge in [-0.25, -0.2) is 12.8 Å². The first kappa shape index (κ1) is 18.6. The van der Waals surface area contributed by atoms with Gasteiger partial charge in [0, 0.05) is 29.7 Å². The fourth-order valence-electron chi connectivity index (χ4n) is 3.60. The van der Waals surface area contributed by atoms with Crippen LogP contribution in [0.5, 0.6) is 0 Å². The molecule has 1 unspecified atom stereocenters. The first-order valence-electron chi connectivity index (χ1n) is 8.61. The molecule has 1 aliphatic heterocycles. The van der Waals surface area contributed by atoms with E-state index in [9.17, 15) is 22.7 Å². The van der Waals surface area contributed by atoms with Gasteiger partial charge in [0.15, 0.2) is 0 Å². The Morgan fingerprint density at radius 3 is 2.79 bits per heavy atom. The van der Waals surface area contributed by atoms with Gasteiger partial charge in [-0.3, -0.25) is 4.79 Å². The van der Waals surface area contributed by atoms with Gasteiger partial charge in [0.05, 0.1) is 24.1 Å². The van der Waals surface area contributed by atoms with Gasteiger partial charge in [-0.15, -0.1) is 0 Å². The van der Waals surface area contributed by atoms with Crippen molar-refractivity contribution in [1.29, 1.82) is 0 Å². The van der Waals surface area contributed by atoms with Crippen LogP contribution in [0.2, 0.25) is 0 Å². The van der Waals surface area contributed by atoms with Gasteiger partial charge in [0.25, 0.3) is 0 Å². The van der Waals surface area contributed by atoms with Crippen LogP contribution >= 0.6 is 0 Å². The maximum absolute atomic E-state index is 13.4. The predicted molar refractivity (Wildman–Crippen MR) is 101 cm³/mol. The molecular formula is C19H18FN3O4S. The number of amides is 1. The van der Waals surface area contributed by atoms with Crippen LogP contribution in [-0.4, -0.2) is 48.9 Å². The Labute approximate surface area is 160 Å². The fraction of sp³-hybridized carbons (Fsp3) is 0.211. The number of aliphatic hydroxyl groups is 1. The highest BCUT2D eigenvalue weighted by Gasteiger charge is 2.43. The summed E-state index contributed by atoms with van der Waals surface area (Å²) in [7, 11) is -2.47. The number of carbonyl (C=O) groups excluding carboxylic acids is 1. The SMILES string of the molecule is CNC(=O)CN1C(CO)c2cc(-c3c[nH]c4cc(F)ccc34)ccc2S1(=O)=O. The molecule has 2 aromatic carbocycles. The van der Waals surface area contributed by atoms with Crippen molar-refractivity contribution in [2.75, 3.05) is 20.2 Å². The lowest BCUT2D eigenvalue weighted by Crippen LogP contribution is -2.39. The van der Waals surface area contributed by atoms with Crippen molar-refractivity contribution in [2.24, 2.45) is 0 Å². The molecule has 146 valence electrons. The van der Waals surface area contributed by atoms with Crippen LogP contribution in [0.1, 0.15) is 11.6 Å². The summed E-state index contributed by atoms with van der Waals surface area (Å²) in [6, 6.07) is 8.40. The van der Waals surface area contributed by atoms with Gasteiger partial charge >= 0.3 is 0 Å². The third-order valence-electron chi connectivity index (χ3n) is 5.01. The number of hydrogen-bond donors (Lipinski definition) is 3. The lowest BCUT2D eigenvalue weighted by molar-refractivity contribution is -0.121. The van der Waals surface area contributed by atoms with Crippen LogP contribution in [0, 0.1) is 5.82 Å². The predicted octanol–water partition coefficient (Wildman–Crippen LogP) is 1.76. The monoisotopic (exact) mass is 403 g/mol. The summed E-state index contributed by atoms with van der Waals surface area (Å²) in [6.07, 6.45) is 1.73. The first-order valence-corrected chi connectivity index (χ1v) is 10.0. The van der Waals surface area contributed by atoms with Gasteiger partial charge in [-0.2, -0.15) is 4.31 Å². The molecule has 0 bridgehead atoms. The standard InChI is InChI=1S/C19H18FN3O4S/c1-21-19(25)9-23-17(10-24)14-6-11(2-5-18(14)28(23,26)27)15-8-22-16-7-12(20)3-4-13(15)16/h2-8,17,22,24H,9-10H2,1H3,(H,21,25). The average Bonchev–Trinajstić information content (AvgIpc) is 3.18. The number of halogens is 1. The molecule has 0 fully saturated rings. The summed E-state index contributed by atoms with van der Waals surface area (Å²) in [6.45, 7) is -0.827. The van der Waals surface area contributed by atoms with Crippen molar-refractivity contribution in [2.45, 2.75) is 10.9 Å². The summed E-state index contributed by atoms with van der Waals surface area (Å²) in [5.41, 5.74) is 2.58. The third kappa shape index (κ3) is 2.79. The third-order valence-corrected chi connectivity index (χ3v) is 6.94. The number of rotatable bonds is 4. The van der Waals surface area contributed by atoms with Crippen LogP contribution in [0.15, 0.2) is 47.5 Å².